The molecule has 0 atom stereocenters. The predicted molar refractivity (Wildman–Crippen MR) is 119 cm³/mol. The van der Waals surface area contributed by atoms with E-state index < -0.39 is 5.82 Å². The number of H-pyrrole nitrogens is 1. The molecular formula is C23H25FN6O2. The molecule has 2 fully saturated rings. The molecule has 1 saturated heterocycles. The second-order valence-corrected chi connectivity index (χ2v) is 8.40. The lowest BCUT2D eigenvalue weighted by Crippen LogP contribution is -2.46. The number of anilines is 1. The zero-order valence-electron chi connectivity index (χ0n) is 17.9. The van der Waals surface area contributed by atoms with Gasteiger partial charge in [0.15, 0.2) is 5.82 Å². The first-order valence-corrected chi connectivity index (χ1v) is 10.9. The lowest BCUT2D eigenvalue weighted by atomic mass is 10.1. The summed E-state index contributed by atoms with van der Waals surface area (Å²) in [5, 5.41) is 2.56. The van der Waals surface area contributed by atoms with Gasteiger partial charge in [-0.3, -0.25) is 14.5 Å². The van der Waals surface area contributed by atoms with E-state index in [0.717, 1.165) is 44.7 Å². The number of aromatic nitrogens is 3. The van der Waals surface area contributed by atoms with E-state index in [1.807, 2.05) is 6.07 Å². The van der Waals surface area contributed by atoms with Crippen LogP contribution in [0.3, 0.4) is 0 Å². The van der Waals surface area contributed by atoms with Crippen LogP contribution in [-0.4, -0.2) is 59.0 Å². The number of rotatable bonds is 5. The highest BCUT2D eigenvalue weighted by Crippen LogP contribution is 2.37. The Kier molecular flexibility index (Phi) is 5.34. The average Bonchev–Trinajstić information content (AvgIpc) is 3.66. The number of benzene rings is 1. The van der Waals surface area contributed by atoms with Gasteiger partial charge in [-0.25, -0.2) is 14.4 Å². The molecule has 5 rings (SSSR count). The lowest BCUT2D eigenvalue weighted by Gasteiger charge is -2.36. The Morgan fingerprint density at radius 1 is 1.19 bits per heavy atom. The number of halogens is 1. The normalized spacial score (nSPS) is 17.0. The zero-order valence-corrected chi connectivity index (χ0v) is 17.9. The minimum absolute atomic E-state index is 0.192. The summed E-state index contributed by atoms with van der Waals surface area (Å²) < 4.78 is 15.1. The molecule has 2 aliphatic rings. The molecule has 32 heavy (non-hydrogen) atoms. The smallest absolute Gasteiger partial charge is 0.270 e. The Bertz CT molecular complexity index is 1210. The number of piperazine rings is 1. The number of aromatic amines is 1. The summed E-state index contributed by atoms with van der Waals surface area (Å²) in [5.74, 6) is -0.387. The van der Waals surface area contributed by atoms with Crippen LogP contribution in [0.15, 0.2) is 35.3 Å². The fourth-order valence-corrected chi connectivity index (χ4v) is 4.18. The van der Waals surface area contributed by atoms with Gasteiger partial charge in [0, 0.05) is 51.3 Å². The second-order valence-electron chi connectivity index (χ2n) is 8.40. The van der Waals surface area contributed by atoms with Gasteiger partial charge in [0.1, 0.15) is 16.9 Å². The average molecular weight is 436 g/mol. The van der Waals surface area contributed by atoms with E-state index in [1.54, 1.807) is 31.4 Å². The molecular weight excluding hydrogens is 411 g/mol. The number of fused-ring (bicyclic) bond motifs is 1. The van der Waals surface area contributed by atoms with E-state index in [4.69, 9.17) is 0 Å². The van der Waals surface area contributed by atoms with Crippen molar-refractivity contribution >= 4 is 22.6 Å². The minimum Gasteiger partial charge on any atom is -0.368 e. The van der Waals surface area contributed by atoms with E-state index in [1.165, 1.54) is 0 Å². The fourth-order valence-electron chi connectivity index (χ4n) is 4.18. The van der Waals surface area contributed by atoms with Crippen molar-refractivity contribution in [2.45, 2.75) is 25.3 Å². The van der Waals surface area contributed by atoms with Gasteiger partial charge in [0.05, 0.1) is 17.4 Å². The number of hydrogen-bond acceptors (Lipinski definition) is 6. The second kappa shape index (κ2) is 8.31. The number of nitrogens with zero attached hydrogens (tertiary/aromatic N) is 4. The van der Waals surface area contributed by atoms with E-state index in [-0.39, 0.29) is 22.9 Å². The Labute approximate surface area is 184 Å². The third-order valence-corrected chi connectivity index (χ3v) is 6.22. The van der Waals surface area contributed by atoms with Gasteiger partial charge >= 0.3 is 0 Å². The molecule has 9 heteroatoms. The van der Waals surface area contributed by atoms with Crippen LogP contribution in [0, 0.1) is 5.82 Å². The van der Waals surface area contributed by atoms with Gasteiger partial charge in [-0.2, -0.15) is 0 Å². The van der Waals surface area contributed by atoms with Gasteiger partial charge in [0.2, 0.25) is 0 Å². The Morgan fingerprint density at radius 2 is 1.97 bits per heavy atom. The topological polar surface area (TPSA) is 94.2 Å². The highest BCUT2D eigenvalue weighted by molar-refractivity contribution is 5.92. The zero-order chi connectivity index (χ0) is 22.2. The molecule has 1 aromatic carbocycles. The quantitative estimate of drug-likeness (QED) is 0.636. The molecule has 3 aromatic rings. The van der Waals surface area contributed by atoms with Crippen LogP contribution in [0.1, 0.15) is 40.5 Å². The molecule has 2 aromatic heterocycles. The van der Waals surface area contributed by atoms with Crippen LogP contribution >= 0.6 is 0 Å². The summed E-state index contributed by atoms with van der Waals surface area (Å²) >= 11 is 0. The molecule has 1 aliphatic carbocycles. The van der Waals surface area contributed by atoms with Crippen LogP contribution in [-0.2, 0) is 6.54 Å². The SMILES string of the molecule is CNC(=O)c1ccc(N2CCN(Cc3ccc4nc(C5CC5)c(=O)[nH]c4c3F)CC2)cn1. The number of carbonyl (C=O) groups excluding carboxylic acids is 1. The van der Waals surface area contributed by atoms with Crippen molar-refractivity contribution in [1.29, 1.82) is 0 Å². The van der Waals surface area contributed by atoms with Crippen molar-refractivity contribution in [3.8, 4) is 0 Å². The summed E-state index contributed by atoms with van der Waals surface area (Å²) in [7, 11) is 1.58. The molecule has 166 valence electrons. The molecule has 2 N–H and O–H groups in total. The molecule has 1 amide bonds. The fraction of sp³-hybridized carbons (Fsp3) is 0.391. The van der Waals surface area contributed by atoms with E-state index in [9.17, 15) is 9.59 Å². The Balaban J connectivity index is 1.26. The Morgan fingerprint density at radius 3 is 2.62 bits per heavy atom. The molecule has 0 radical (unpaired) electrons. The van der Waals surface area contributed by atoms with E-state index >= 15 is 4.39 Å². The monoisotopic (exact) mass is 436 g/mol. The molecule has 3 heterocycles. The van der Waals surface area contributed by atoms with Crippen molar-refractivity contribution < 1.29 is 9.18 Å². The van der Waals surface area contributed by atoms with Gasteiger partial charge in [-0.1, -0.05) is 6.07 Å². The molecule has 1 aliphatic heterocycles. The lowest BCUT2D eigenvalue weighted by molar-refractivity contribution is 0.0958. The van der Waals surface area contributed by atoms with E-state index in [0.29, 0.717) is 29.0 Å². The molecule has 0 unspecified atom stereocenters. The molecule has 8 nitrogen and oxygen atoms in total. The third-order valence-electron chi connectivity index (χ3n) is 6.22. The Hall–Kier alpha value is -3.33. The van der Waals surface area contributed by atoms with E-state index in [2.05, 4.69) is 30.1 Å². The summed E-state index contributed by atoms with van der Waals surface area (Å²) in [6, 6.07) is 7.18. The van der Waals surface area contributed by atoms with Crippen LogP contribution in [0.25, 0.3) is 11.0 Å². The van der Waals surface area contributed by atoms with Crippen molar-refractivity contribution in [1.82, 2.24) is 25.2 Å². The maximum absolute atomic E-state index is 15.1. The van der Waals surface area contributed by atoms with Crippen LogP contribution < -0.4 is 15.8 Å². The first-order chi connectivity index (χ1) is 15.5. The third kappa shape index (κ3) is 3.95. The molecule has 0 bridgehead atoms. The highest BCUT2D eigenvalue weighted by Gasteiger charge is 2.28. The summed E-state index contributed by atoms with van der Waals surface area (Å²) in [4.78, 5) is 39.7. The van der Waals surface area contributed by atoms with Gasteiger partial charge in [-0.15, -0.1) is 0 Å². The number of amides is 1. The number of hydrogen-bond donors (Lipinski definition) is 2. The van der Waals surface area contributed by atoms with Gasteiger partial charge in [0.25, 0.3) is 11.5 Å². The maximum atomic E-state index is 15.1. The summed E-state index contributed by atoms with van der Waals surface area (Å²) in [6.45, 7) is 3.56. The van der Waals surface area contributed by atoms with Crippen molar-refractivity contribution in [3.63, 3.8) is 0 Å². The van der Waals surface area contributed by atoms with Crippen LogP contribution in [0.4, 0.5) is 10.1 Å². The van der Waals surface area contributed by atoms with Crippen molar-refractivity contribution in [2.24, 2.45) is 0 Å². The standard InChI is InChI=1S/C23H25FN6O2/c1-25-22(31)18-7-5-16(12-26-18)30-10-8-29(9-11-30)13-15-4-6-17-21(19(15)24)28-23(32)20(27-17)14-2-3-14/h4-7,12,14H,2-3,8-11,13H2,1H3,(H,25,31)(H,28,32). The van der Waals surface area contributed by atoms with Crippen molar-refractivity contribution in [3.05, 3.63) is 63.6 Å². The van der Waals surface area contributed by atoms with Gasteiger partial charge in [-0.05, 0) is 31.0 Å². The summed E-state index contributed by atoms with van der Waals surface area (Å²) in [6.07, 6.45) is 3.66. The maximum Gasteiger partial charge on any atom is 0.270 e. The first-order valence-electron chi connectivity index (χ1n) is 10.9. The first kappa shape index (κ1) is 20.6. The number of nitrogens with one attached hydrogen (secondary N) is 2. The van der Waals surface area contributed by atoms with Crippen LogP contribution in [0.2, 0.25) is 0 Å². The highest BCUT2D eigenvalue weighted by atomic mass is 19.1. The predicted octanol–water partition coefficient (Wildman–Crippen LogP) is 2.02. The molecule has 0 spiro atoms. The van der Waals surface area contributed by atoms with Crippen LogP contribution in [0.5, 0.6) is 0 Å². The summed E-state index contributed by atoms with van der Waals surface area (Å²) in [5.41, 5.74) is 2.85. The molecule has 1 saturated carbocycles. The largest absolute Gasteiger partial charge is 0.368 e. The number of pyridine rings is 1. The van der Waals surface area contributed by atoms with Gasteiger partial charge < -0.3 is 15.2 Å². The number of carbonyl (C=O) groups is 1. The van der Waals surface area contributed by atoms with Crippen molar-refractivity contribution in [2.75, 3.05) is 38.1 Å². The minimum atomic E-state index is -0.397.